The molecule has 0 aliphatic rings. The maximum atomic E-state index is 10.6. The molecule has 0 unspecified atom stereocenters. The fourth-order valence-corrected chi connectivity index (χ4v) is 1.98. The maximum Gasteiger partial charge on any atom is 0.165 e. The lowest BCUT2D eigenvalue weighted by atomic mass is 10.3. The molecule has 0 fully saturated rings. The SMILES string of the molecule is O=CC=Cn1cc(Nc2ccccc2)nc1-c1ccncn1. The summed E-state index contributed by atoms with van der Waals surface area (Å²) in [6.07, 6.45) is 8.65. The Labute approximate surface area is 127 Å². The summed E-state index contributed by atoms with van der Waals surface area (Å²) in [7, 11) is 0. The Bertz CT molecular complexity index is 781. The number of nitrogens with one attached hydrogen (secondary N) is 1. The van der Waals surface area contributed by atoms with E-state index in [-0.39, 0.29) is 0 Å². The van der Waals surface area contributed by atoms with Gasteiger partial charge in [0.2, 0.25) is 0 Å². The van der Waals surface area contributed by atoms with E-state index in [1.165, 1.54) is 12.4 Å². The first-order valence-corrected chi connectivity index (χ1v) is 6.66. The summed E-state index contributed by atoms with van der Waals surface area (Å²) in [5, 5.41) is 3.21. The summed E-state index contributed by atoms with van der Waals surface area (Å²) in [5.74, 6) is 1.29. The van der Waals surface area contributed by atoms with Gasteiger partial charge in [0.05, 0.1) is 6.20 Å². The first kappa shape index (κ1) is 13.7. The van der Waals surface area contributed by atoms with Crippen LogP contribution in [0.15, 0.2) is 61.2 Å². The topological polar surface area (TPSA) is 72.7 Å². The lowest BCUT2D eigenvalue weighted by Gasteiger charge is -2.00. The number of aldehydes is 1. The van der Waals surface area contributed by atoms with E-state index in [2.05, 4.69) is 20.3 Å². The van der Waals surface area contributed by atoms with Gasteiger partial charge in [0, 0.05) is 18.1 Å². The zero-order chi connectivity index (χ0) is 15.2. The van der Waals surface area contributed by atoms with Gasteiger partial charge in [-0.15, -0.1) is 0 Å². The molecule has 0 saturated heterocycles. The van der Waals surface area contributed by atoms with Gasteiger partial charge in [0.15, 0.2) is 5.82 Å². The van der Waals surface area contributed by atoms with Gasteiger partial charge in [0.1, 0.15) is 24.1 Å². The summed E-state index contributed by atoms with van der Waals surface area (Å²) >= 11 is 0. The smallest absolute Gasteiger partial charge is 0.165 e. The molecule has 0 atom stereocenters. The normalized spacial score (nSPS) is 10.7. The molecule has 1 N–H and O–H groups in total. The van der Waals surface area contributed by atoms with Crippen molar-refractivity contribution in [2.45, 2.75) is 0 Å². The molecule has 3 aromatic rings. The van der Waals surface area contributed by atoms with Crippen LogP contribution < -0.4 is 5.32 Å². The third-order valence-electron chi connectivity index (χ3n) is 2.91. The second-order valence-corrected chi connectivity index (χ2v) is 4.42. The van der Waals surface area contributed by atoms with Crippen LogP contribution in [0.1, 0.15) is 0 Å². The first-order valence-electron chi connectivity index (χ1n) is 6.66. The van der Waals surface area contributed by atoms with Crippen LogP contribution >= 0.6 is 0 Å². The minimum atomic E-state index is 0.624. The van der Waals surface area contributed by atoms with Gasteiger partial charge in [-0.2, -0.15) is 0 Å². The van der Waals surface area contributed by atoms with Crippen molar-refractivity contribution in [2.75, 3.05) is 5.32 Å². The minimum Gasteiger partial charge on any atom is -0.339 e. The molecule has 0 aliphatic heterocycles. The Balaban J connectivity index is 1.98. The monoisotopic (exact) mass is 291 g/mol. The van der Waals surface area contributed by atoms with E-state index in [4.69, 9.17) is 0 Å². The fraction of sp³-hybridized carbons (Fsp3) is 0. The Hall–Kier alpha value is -3.28. The molecule has 2 aromatic heterocycles. The van der Waals surface area contributed by atoms with E-state index in [9.17, 15) is 4.79 Å². The molecule has 0 saturated carbocycles. The number of nitrogens with zero attached hydrogens (tertiary/aromatic N) is 4. The van der Waals surface area contributed by atoms with E-state index < -0.39 is 0 Å². The van der Waals surface area contributed by atoms with Gasteiger partial charge in [-0.05, 0) is 24.3 Å². The predicted octanol–water partition coefficient (Wildman–Crippen LogP) is 2.75. The molecule has 0 spiro atoms. The van der Waals surface area contributed by atoms with Crippen molar-refractivity contribution in [3.63, 3.8) is 0 Å². The lowest BCUT2D eigenvalue weighted by molar-refractivity contribution is -0.104. The second-order valence-electron chi connectivity index (χ2n) is 4.42. The molecule has 2 heterocycles. The molecule has 3 rings (SSSR count). The van der Waals surface area contributed by atoms with Crippen molar-refractivity contribution in [3.8, 4) is 11.5 Å². The molecule has 6 nitrogen and oxygen atoms in total. The third-order valence-corrected chi connectivity index (χ3v) is 2.91. The van der Waals surface area contributed by atoms with Gasteiger partial charge in [-0.25, -0.2) is 15.0 Å². The Morgan fingerprint density at radius 2 is 2.00 bits per heavy atom. The number of carbonyl (C=O) groups is 1. The van der Waals surface area contributed by atoms with Crippen molar-refractivity contribution in [3.05, 3.63) is 61.2 Å². The Morgan fingerprint density at radius 1 is 1.14 bits per heavy atom. The molecule has 108 valence electrons. The number of allylic oxidation sites excluding steroid dienone is 1. The van der Waals surface area contributed by atoms with Crippen LogP contribution in [0, 0.1) is 0 Å². The number of para-hydroxylation sites is 1. The number of carbonyl (C=O) groups excluding carboxylic acids is 1. The summed E-state index contributed by atoms with van der Waals surface area (Å²) in [5.41, 5.74) is 1.60. The van der Waals surface area contributed by atoms with Crippen LogP contribution in [0.2, 0.25) is 0 Å². The number of benzene rings is 1. The van der Waals surface area contributed by atoms with Crippen molar-refractivity contribution in [2.24, 2.45) is 0 Å². The van der Waals surface area contributed by atoms with Crippen LogP contribution in [0.4, 0.5) is 11.5 Å². The van der Waals surface area contributed by atoms with E-state index >= 15 is 0 Å². The molecule has 6 heteroatoms. The van der Waals surface area contributed by atoms with Gasteiger partial charge in [-0.1, -0.05) is 18.2 Å². The van der Waals surface area contributed by atoms with Crippen LogP contribution in [0.5, 0.6) is 0 Å². The zero-order valence-corrected chi connectivity index (χ0v) is 11.6. The number of anilines is 2. The molecule has 0 bridgehead atoms. The summed E-state index contributed by atoms with van der Waals surface area (Å²) in [6, 6.07) is 11.5. The van der Waals surface area contributed by atoms with Gasteiger partial charge < -0.3 is 9.88 Å². The zero-order valence-electron chi connectivity index (χ0n) is 11.6. The lowest BCUT2D eigenvalue weighted by Crippen LogP contribution is -1.93. The average molecular weight is 291 g/mol. The van der Waals surface area contributed by atoms with Crippen LogP contribution in [0.25, 0.3) is 17.7 Å². The van der Waals surface area contributed by atoms with Gasteiger partial charge >= 0.3 is 0 Å². The summed E-state index contributed by atoms with van der Waals surface area (Å²) in [6.45, 7) is 0. The van der Waals surface area contributed by atoms with Crippen LogP contribution in [-0.4, -0.2) is 25.8 Å². The highest BCUT2D eigenvalue weighted by atomic mass is 16.1. The largest absolute Gasteiger partial charge is 0.339 e. The van der Waals surface area contributed by atoms with E-state index in [0.29, 0.717) is 23.6 Å². The number of hydrogen-bond donors (Lipinski definition) is 1. The molecular formula is C16H13N5O. The van der Waals surface area contributed by atoms with Crippen molar-refractivity contribution < 1.29 is 4.79 Å². The Kier molecular flexibility index (Phi) is 4.01. The predicted molar refractivity (Wildman–Crippen MR) is 84.4 cm³/mol. The third kappa shape index (κ3) is 3.06. The molecule has 22 heavy (non-hydrogen) atoms. The van der Waals surface area contributed by atoms with Crippen LogP contribution in [0.3, 0.4) is 0 Å². The number of imidazole rings is 1. The summed E-state index contributed by atoms with van der Waals surface area (Å²) in [4.78, 5) is 23.2. The highest BCUT2D eigenvalue weighted by Crippen LogP contribution is 2.21. The standard InChI is InChI=1S/C16H13N5O/c22-10-4-9-21-11-15(19-13-5-2-1-3-6-13)20-16(21)14-7-8-17-12-18-14/h1-12,19H. The minimum absolute atomic E-state index is 0.624. The number of hydrogen-bond acceptors (Lipinski definition) is 5. The average Bonchev–Trinajstić information content (AvgIpc) is 2.97. The van der Waals surface area contributed by atoms with Crippen molar-refractivity contribution in [1.82, 2.24) is 19.5 Å². The Morgan fingerprint density at radius 3 is 2.73 bits per heavy atom. The highest BCUT2D eigenvalue weighted by molar-refractivity contribution is 5.71. The highest BCUT2D eigenvalue weighted by Gasteiger charge is 2.10. The molecule has 1 aromatic carbocycles. The molecular weight excluding hydrogens is 278 g/mol. The fourth-order valence-electron chi connectivity index (χ4n) is 1.98. The van der Waals surface area contributed by atoms with Crippen molar-refractivity contribution in [1.29, 1.82) is 0 Å². The quantitative estimate of drug-likeness (QED) is 0.578. The summed E-state index contributed by atoms with van der Waals surface area (Å²) < 4.78 is 1.74. The molecule has 0 aliphatic carbocycles. The number of rotatable bonds is 5. The van der Waals surface area contributed by atoms with Crippen molar-refractivity contribution >= 4 is 24.0 Å². The number of aromatic nitrogens is 4. The van der Waals surface area contributed by atoms with Gasteiger partial charge in [0.25, 0.3) is 0 Å². The molecule has 0 amide bonds. The van der Waals surface area contributed by atoms with Gasteiger partial charge in [-0.3, -0.25) is 4.79 Å². The van der Waals surface area contributed by atoms with Crippen LogP contribution in [-0.2, 0) is 4.79 Å². The molecule has 0 radical (unpaired) electrons. The van der Waals surface area contributed by atoms with E-state index in [1.54, 1.807) is 29.2 Å². The van der Waals surface area contributed by atoms with E-state index in [0.717, 1.165) is 5.69 Å². The first-order chi connectivity index (χ1) is 10.9. The second kappa shape index (κ2) is 6.45. The maximum absolute atomic E-state index is 10.6. The van der Waals surface area contributed by atoms with E-state index in [1.807, 2.05) is 30.3 Å².